The van der Waals surface area contributed by atoms with Crippen LogP contribution in [0, 0.1) is 29.7 Å². The van der Waals surface area contributed by atoms with Crippen molar-refractivity contribution in [3.63, 3.8) is 0 Å². The first kappa shape index (κ1) is 17.0. The fraction of sp³-hybridized carbons (Fsp3) is 0.625. The maximum atomic E-state index is 5.41. The molecule has 0 radical (unpaired) electrons. The molecule has 0 aromatic heterocycles. The number of ether oxygens (including phenoxy) is 1. The maximum Gasteiger partial charge on any atom is 0.129 e. The first-order valence-corrected chi connectivity index (χ1v) is 9.94. The van der Waals surface area contributed by atoms with Gasteiger partial charge in [-0.15, -0.1) is 23.8 Å². The van der Waals surface area contributed by atoms with E-state index in [9.17, 15) is 0 Å². The summed E-state index contributed by atoms with van der Waals surface area (Å²) in [6.45, 7) is 12.7. The Balaban J connectivity index is 4.49. The minimum Gasteiger partial charge on any atom is -0.377 e. The summed E-state index contributed by atoms with van der Waals surface area (Å²) in [6, 6.07) is 0. The van der Waals surface area contributed by atoms with E-state index in [1.807, 2.05) is 6.92 Å². The summed E-state index contributed by atoms with van der Waals surface area (Å²) in [5, 5.41) is 0. The highest BCUT2D eigenvalue weighted by molar-refractivity contribution is 6.83. The van der Waals surface area contributed by atoms with Crippen molar-refractivity contribution in [2.24, 2.45) is 5.92 Å². The lowest BCUT2D eigenvalue weighted by Crippen LogP contribution is -2.17. The third-order valence-electron chi connectivity index (χ3n) is 2.63. The van der Waals surface area contributed by atoms with Crippen molar-refractivity contribution in [2.45, 2.75) is 51.9 Å². The molecular formula is C16H26OSi. The zero-order chi connectivity index (χ0) is 14.2. The lowest BCUT2D eigenvalue weighted by atomic mass is 9.97. The van der Waals surface area contributed by atoms with Crippen molar-refractivity contribution in [1.29, 1.82) is 0 Å². The van der Waals surface area contributed by atoms with Crippen LogP contribution in [0.5, 0.6) is 0 Å². The van der Waals surface area contributed by atoms with E-state index in [0.717, 1.165) is 24.8 Å². The first-order chi connectivity index (χ1) is 8.30. The molecular weight excluding hydrogens is 236 g/mol. The molecule has 0 aliphatic rings. The Bertz CT molecular complexity index is 359. The monoisotopic (exact) mass is 262 g/mol. The van der Waals surface area contributed by atoms with Crippen LogP contribution in [0.4, 0.5) is 0 Å². The van der Waals surface area contributed by atoms with Crippen molar-refractivity contribution in [3.8, 4) is 23.8 Å². The van der Waals surface area contributed by atoms with Crippen molar-refractivity contribution in [1.82, 2.24) is 0 Å². The molecule has 0 amide bonds. The summed E-state index contributed by atoms with van der Waals surface area (Å²) in [7, 11) is 0.412. The molecule has 2 heteroatoms. The molecule has 0 aromatic carbocycles. The Hall–Kier alpha value is -0.963. The molecule has 0 rings (SSSR count). The maximum absolute atomic E-state index is 5.41. The highest BCUT2D eigenvalue weighted by atomic mass is 28.3. The van der Waals surface area contributed by atoms with Gasteiger partial charge in [0.15, 0.2) is 0 Å². The van der Waals surface area contributed by atoms with E-state index in [-0.39, 0.29) is 6.10 Å². The van der Waals surface area contributed by atoms with Crippen LogP contribution < -0.4 is 0 Å². The van der Waals surface area contributed by atoms with Crippen LogP contribution >= 0.6 is 0 Å². The van der Waals surface area contributed by atoms with Gasteiger partial charge >= 0.3 is 0 Å². The van der Waals surface area contributed by atoms with E-state index in [1.54, 1.807) is 7.11 Å². The summed E-state index contributed by atoms with van der Waals surface area (Å²) < 4.78 is 5.39. The number of terminal acetylenes is 1. The molecule has 0 N–H and O–H groups in total. The van der Waals surface area contributed by atoms with Gasteiger partial charge < -0.3 is 4.74 Å². The Labute approximate surface area is 114 Å². The van der Waals surface area contributed by atoms with Crippen molar-refractivity contribution < 1.29 is 4.74 Å². The van der Waals surface area contributed by atoms with E-state index >= 15 is 0 Å². The third-order valence-corrected chi connectivity index (χ3v) is 3.52. The second-order valence-corrected chi connectivity index (χ2v) is 10.5. The van der Waals surface area contributed by atoms with Gasteiger partial charge in [-0.05, 0) is 19.8 Å². The summed E-state index contributed by atoms with van der Waals surface area (Å²) >= 11 is 0. The predicted octanol–water partition coefficient (Wildman–Crippen LogP) is 3.88. The number of hydrogen-bond donors (Lipinski definition) is 0. The molecule has 0 bridgehead atoms. The highest BCUT2D eigenvalue weighted by Crippen LogP contribution is 2.17. The normalized spacial score (nSPS) is 14.0. The summed E-state index contributed by atoms with van der Waals surface area (Å²) in [6.07, 6.45) is 8.18. The fourth-order valence-corrected chi connectivity index (χ4v) is 2.24. The molecule has 100 valence electrons. The van der Waals surface area contributed by atoms with Crippen LogP contribution in [0.25, 0.3) is 0 Å². The molecule has 0 aromatic rings. The Kier molecular flexibility index (Phi) is 7.76. The van der Waals surface area contributed by atoms with Gasteiger partial charge in [-0.3, -0.25) is 0 Å². The van der Waals surface area contributed by atoms with Crippen molar-refractivity contribution in [2.75, 3.05) is 7.11 Å². The zero-order valence-corrected chi connectivity index (χ0v) is 13.5. The largest absolute Gasteiger partial charge is 0.377 e. The zero-order valence-electron chi connectivity index (χ0n) is 12.5. The van der Waals surface area contributed by atoms with E-state index in [0.29, 0.717) is 5.92 Å². The van der Waals surface area contributed by atoms with Crippen LogP contribution in [0.2, 0.25) is 19.6 Å². The van der Waals surface area contributed by atoms with Gasteiger partial charge in [0, 0.05) is 19.4 Å². The summed E-state index contributed by atoms with van der Waals surface area (Å²) in [5.74, 6) is 6.38. The van der Waals surface area contributed by atoms with Gasteiger partial charge in [-0.2, -0.15) is 0 Å². The summed E-state index contributed by atoms with van der Waals surface area (Å²) in [5.41, 5.74) is 4.47. The average Bonchev–Trinajstić information content (AvgIpc) is 2.24. The minimum absolute atomic E-state index is 0.124. The van der Waals surface area contributed by atoms with E-state index < -0.39 is 8.07 Å². The molecule has 1 nitrogen and oxygen atoms in total. The number of methoxy groups -OCH3 is 1. The lowest BCUT2D eigenvalue weighted by molar-refractivity contribution is 0.120. The molecule has 0 spiro atoms. The molecule has 2 unspecified atom stereocenters. The van der Waals surface area contributed by atoms with E-state index in [2.05, 4.69) is 43.6 Å². The lowest BCUT2D eigenvalue weighted by Gasteiger charge is -2.17. The van der Waals surface area contributed by atoms with Crippen LogP contribution in [0.1, 0.15) is 26.2 Å². The van der Waals surface area contributed by atoms with E-state index in [1.165, 1.54) is 0 Å². The van der Waals surface area contributed by atoms with E-state index in [4.69, 9.17) is 11.2 Å². The third kappa shape index (κ3) is 8.18. The van der Waals surface area contributed by atoms with Crippen molar-refractivity contribution in [3.05, 3.63) is 12.2 Å². The Morgan fingerprint density at radius 2 is 1.94 bits per heavy atom. The Morgan fingerprint density at radius 3 is 2.33 bits per heavy atom. The van der Waals surface area contributed by atoms with Gasteiger partial charge in [-0.1, -0.05) is 31.8 Å². The average molecular weight is 262 g/mol. The molecule has 0 aliphatic heterocycles. The fourth-order valence-electron chi connectivity index (χ4n) is 1.60. The minimum atomic E-state index is -1.31. The second kappa shape index (κ2) is 8.19. The standard InChI is InChI=1S/C16H26OSi/c1-8-9-15(12-13-18(5,6)7)10-11-16(17-4)14(2)3/h1,15-16H,2,9-11H2,3-7H3. The van der Waals surface area contributed by atoms with Crippen LogP contribution in [-0.2, 0) is 4.74 Å². The smallest absolute Gasteiger partial charge is 0.129 e. The Morgan fingerprint density at radius 1 is 1.33 bits per heavy atom. The highest BCUT2D eigenvalue weighted by Gasteiger charge is 2.13. The second-order valence-electron chi connectivity index (χ2n) is 5.77. The van der Waals surface area contributed by atoms with Gasteiger partial charge in [0.2, 0.25) is 0 Å². The molecule has 0 saturated heterocycles. The van der Waals surface area contributed by atoms with Crippen LogP contribution in [0.15, 0.2) is 12.2 Å². The van der Waals surface area contributed by atoms with Crippen LogP contribution in [0.3, 0.4) is 0 Å². The number of rotatable bonds is 6. The summed E-state index contributed by atoms with van der Waals surface area (Å²) in [4.78, 5) is 0. The molecule has 18 heavy (non-hydrogen) atoms. The SMILES string of the molecule is C#CCC(C#C[Si](C)(C)C)CCC(OC)C(=C)C. The molecule has 0 heterocycles. The quantitative estimate of drug-likeness (QED) is 0.401. The molecule has 0 aliphatic carbocycles. The van der Waals surface area contributed by atoms with Crippen LogP contribution in [-0.4, -0.2) is 21.3 Å². The number of hydrogen-bond acceptors (Lipinski definition) is 1. The molecule has 0 saturated carbocycles. The molecule has 2 atom stereocenters. The van der Waals surface area contributed by atoms with Gasteiger partial charge in [0.1, 0.15) is 8.07 Å². The van der Waals surface area contributed by atoms with Gasteiger partial charge in [0.05, 0.1) is 6.10 Å². The molecule has 0 fully saturated rings. The predicted molar refractivity (Wildman–Crippen MR) is 82.9 cm³/mol. The topological polar surface area (TPSA) is 9.23 Å². The van der Waals surface area contributed by atoms with Gasteiger partial charge in [-0.25, -0.2) is 0 Å². The van der Waals surface area contributed by atoms with Gasteiger partial charge in [0.25, 0.3) is 0 Å². The van der Waals surface area contributed by atoms with Crippen molar-refractivity contribution >= 4 is 8.07 Å². The first-order valence-electron chi connectivity index (χ1n) is 6.44.